The van der Waals surface area contributed by atoms with E-state index in [1.54, 1.807) is 0 Å². The molecule has 0 N–H and O–H groups in total. The highest BCUT2D eigenvalue weighted by Crippen LogP contribution is 2.55. The van der Waals surface area contributed by atoms with Gasteiger partial charge in [-0.05, 0) is 70.7 Å². The smallest absolute Gasteiger partial charge is 0.0710 e. The maximum Gasteiger partial charge on any atom is 0.0710 e. The topological polar surface area (TPSA) is 4.93 Å². The third-order valence-corrected chi connectivity index (χ3v) is 11.1. The van der Waals surface area contributed by atoms with E-state index in [2.05, 4.69) is 170 Å². The molecule has 2 aromatic heterocycles. The highest BCUT2D eigenvalue weighted by atomic mass is 32.1. The number of para-hydroxylation sites is 1. The summed E-state index contributed by atoms with van der Waals surface area (Å²) in [6, 6.07) is 51.4. The molecule has 0 saturated heterocycles. The van der Waals surface area contributed by atoms with Gasteiger partial charge in [0.1, 0.15) is 0 Å². The van der Waals surface area contributed by atoms with Crippen molar-refractivity contribution in [3.63, 3.8) is 0 Å². The van der Waals surface area contributed by atoms with E-state index in [1.165, 1.54) is 75.4 Å². The average molecular weight is 606 g/mol. The van der Waals surface area contributed by atoms with Crippen molar-refractivity contribution >= 4 is 58.9 Å². The monoisotopic (exact) mass is 605 g/mol. The maximum absolute atomic E-state index is 4.00. The molecule has 0 spiro atoms. The summed E-state index contributed by atoms with van der Waals surface area (Å²) in [7, 11) is 0. The van der Waals surface area contributed by atoms with E-state index in [9.17, 15) is 0 Å². The lowest BCUT2D eigenvalue weighted by atomic mass is 9.66. The van der Waals surface area contributed by atoms with Gasteiger partial charge in [-0.25, -0.2) is 0 Å². The molecule has 9 rings (SSSR count). The zero-order chi connectivity index (χ0) is 30.8. The fourth-order valence-corrected chi connectivity index (χ4v) is 9.23. The summed E-state index contributed by atoms with van der Waals surface area (Å²) in [6.45, 7) is 6.26. The Bertz CT molecular complexity index is 2540. The molecule has 6 aromatic carbocycles. The second-order valence-electron chi connectivity index (χ2n) is 12.1. The van der Waals surface area contributed by atoms with Crippen molar-refractivity contribution in [2.24, 2.45) is 0 Å². The van der Waals surface area contributed by atoms with Crippen LogP contribution in [0.3, 0.4) is 0 Å². The van der Waals surface area contributed by atoms with Crippen molar-refractivity contribution in [3.8, 4) is 5.69 Å². The molecule has 1 aliphatic rings. The number of benzene rings is 6. The number of fused-ring (bicyclic) bond motifs is 8. The van der Waals surface area contributed by atoms with Gasteiger partial charge in [-0.1, -0.05) is 134 Å². The minimum atomic E-state index is -0.440. The number of nitrogens with zero attached hydrogens (tertiary/aromatic N) is 1. The zero-order valence-corrected chi connectivity index (χ0v) is 26.4. The summed E-state index contributed by atoms with van der Waals surface area (Å²) in [5, 5.41) is 5.29. The first-order chi connectivity index (χ1) is 22.7. The zero-order valence-electron chi connectivity index (χ0n) is 25.6. The Kier molecular flexibility index (Phi) is 6.03. The number of hydrogen-bond acceptors (Lipinski definition) is 1. The Hall–Kier alpha value is -5.44. The molecule has 1 aliphatic carbocycles. The van der Waals surface area contributed by atoms with Crippen LogP contribution in [0.4, 0.5) is 0 Å². The molecule has 1 unspecified atom stereocenters. The SMILES string of the molecule is C=C/C=C\C1=C(C)c2ccccc2C1(c1ccccc1)c1ccc(-n2c3ccccc3c3c4sc5ccccc5c4ccc32)cc1. The van der Waals surface area contributed by atoms with E-state index in [4.69, 9.17) is 0 Å². The summed E-state index contributed by atoms with van der Waals surface area (Å²) in [4.78, 5) is 0. The molecule has 2 heteroatoms. The molecule has 0 bridgehead atoms. The summed E-state index contributed by atoms with van der Waals surface area (Å²) < 4.78 is 5.13. The van der Waals surface area contributed by atoms with Crippen LogP contribution in [0, 0.1) is 0 Å². The average Bonchev–Trinajstić information content (AvgIpc) is 3.74. The summed E-state index contributed by atoms with van der Waals surface area (Å²) in [5.74, 6) is 0. The van der Waals surface area contributed by atoms with Gasteiger partial charge in [0.05, 0.1) is 16.4 Å². The highest BCUT2D eigenvalue weighted by molar-refractivity contribution is 7.26. The minimum absolute atomic E-state index is 0.440. The van der Waals surface area contributed by atoms with Crippen LogP contribution in [-0.4, -0.2) is 4.57 Å². The van der Waals surface area contributed by atoms with Gasteiger partial charge in [-0.2, -0.15) is 0 Å². The third kappa shape index (κ3) is 3.62. The summed E-state index contributed by atoms with van der Waals surface area (Å²) in [5.41, 5.74) is 10.9. The Morgan fingerprint density at radius 1 is 0.630 bits per heavy atom. The molecule has 1 nitrogen and oxygen atoms in total. The predicted octanol–water partition coefficient (Wildman–Crippen LogP) is 12.0. The molecule has 0 amide bonds. The largest absolute Gasteiger partial charge is 0.309 e. The standard InChI is InChI=1S/C44H31NS/c1-3-4-19-37-29(2)33-16-8-11-20-38(33)44(37,30-14-6-5-7-15-30)31-23-25-32(26-24-31)45-39-21-12-9-18-36(39)42-40(45)28-27-35-34-17-10-13-22-41(34)46-43(35)42/h3-28H,1H2,2H3/b19-4-. The van der Waals surface area contributed by atoms with Crippen molar-refractivity contribution in [1.82, 2.24) is 4.57 Å². The molecular weight excluding hydrogens is 575 g/mol. The Morgan fingerprint density at radius 2 is 1.33 bits per heavy atom. The van der Waals surface area contributed by atoms with Crippen molar-refractivity contribution in [2.45, 2.75) is 12.3 Å². The lowest BCUT2D eigenvalue weighted by Crippen LogP contribution is -2.29. The maximum atomic E-state index is 4.00. The van der Waals surface area contributed by atoms with Gasteiger partial charge >= 0.3 is 0 Å². The van der Waals surface area contributed by atoms with Gasteiger partial charge in [0.15, 0.2) is 0 Å². The molecule has 0 saturated carbocycles. The second kappa shape index (κ2) is 10.3. The molecule has 2 heterocycles. The van der Waals surface area contributed by atoms with Crippen molar-refractivity contribution < 1.29 is 0 Å². The fraction of sp³-hybridized carbons (Fsp3) is 0.0455. The van der Waals surface area contributed by atoms with Crippen molar-refractivity contribution in [3.05, 3.63) is 192 Å². The van der Waals surface area contributed by atoms with E-state index >= 15 is 0 Å². The third-order valence-electron chi connectivity index (χ3n) is 9.89. The van der Waals surface area contributed by atoms with Gasteiger partial charge < -0.3 is 4.57 Å². The first-order valence-corrected chi connectivity index (χ1v) is 16.6. The van der Waals surface area contributed by atoms with Gasteiger partial charge in [0.2, 0.25) is 0 Å². The Balaban J connectivity index is 1.30. The molecule has 0 radical (unpaired) electrons. The highest BCUT2D eigenvalue weighted by Gasteiger charge is 2.45. The van der Waals surface area contributed by atoms with Crippen molar-refractivity contribution in [2.75, 3.05) is 0 Å². The predicted molar refractivity (Wildman–Crippen MR) is 198 cm³/mol. The number of thiophene rings is 1. The molecule has 8 aromatic rings. The number of hydrogen-bond donors (Lipinski definition) is 0. The lowest BCUT2D eigenvalue weighted by Gasteiger charge is -2.35. The Morgan fingerprint density at radius 3 is 2.15 bits per heavy atom. The second-order valence-corrected chi connectivity index (χ2v) is 13.2. The first-order valence-electron chi connectivity index (χ1n) is 15.8. The normalized spacial score (nSPS) is 16.4. The van der Waals surface area contributed by atoms with E-state index in [1.807, 2.05) is 17.4 Å². The van der Waals surface area contributed by atoms with Crippen LogP contribution < -0.4 is 0 Å². The van der Waals surface area contributed by atoms with Gasteiger partial charge in [0.25, 0.3) is 0 Å². The molecule has 218 valence electrons. The molecule has 0 fully saturated rings. The van der Waals surface area contributed by atoms with E-state index in [0.717, 1.165) is 5.69 Å². The van der Waals surface area contributed by atoms with Crippen LogP contribution in [0.5, 0.6) is 0 Å². The van der Waals surface area contributed by atoms with E-state index < -0.39 is 5.41 Å². The van der Waals surface area contributed by atoms with Crippen LogP contribution in [0.25, 0.3) is 53.2 Å². The van der Waals surface area contributed by atoms with Crippen molar-refractivity contribution in [1.29, 1.82) is 0 Å². The van der Waals surface area contributed by atoms with Crippen LogP contribution in [0.1, 0.15) is 29.2 Å². The molecule has 46 heavy (non-hydrogen) atoms. The van der Waals surface area contributed by atoms with Crippen LogP contribution in [0.2, 0.25) is 0 Å². The molecule has 1 atom stereocenters. The number of allylic oxidation sites excluding steroid dienone is 5. The fourth-order valence-electron chi connectivity index (χ4n) is 7.97. The lowest BCUT2D eigenvalue weighted by molar-refractivity contribution is 0.760. The Labute approximate surface area is 272 Å². The van der Waals surface area contributed by atoms with Gasteiger partial charge in [-0.3, -0.25) is 0 Å². The van der Waals surface area contributed by atoms with Crippen LogP contribution in [0.15, 0.2) is 170 Å². The van der Waals surface area contributed by atoms with Crippen LogP contribution >= 0.6 is 11.3 Å². The van der Waals surface area contributed by atoms with E-state index in [-0.39, 0.29) is 0 Å². The summed E-state index contributed by atoms with van der Waals surface area (Å²) in [6.07, 6.45) is 6.20. The number of aromatic nitrogens is 1. The molecule has 0 aliphatic heterocycles. The van der Waals surface area contributed by atoms with E-state index in [0.29, 0.717) is 0 Å². The molecular formula is C44H31NS. The van der Waals surface area contributed by atoms with Crippen LogP contribution in [-0.2, 0) is 5.41 Å². The quantitative estimate of drug-likeness (QED) is 0.172. The van der Waals surface area contributed by atoms with Gasteiger partial charge in [-0.15, -0.1) is 11.3 Å². The first kappa shape index (κ1) is 26.9. The summed E-state index contributed by atoms with van der Waals surface area (Å²) >= 11 is 1.90. The van der Waals surface area contributed by atoms with Gasteiger partial charge in [0, 0.05) is 36.6 Å². The minimum Gasteiger partial charge on any atom is -0.309 e. The number of rotatable bonds is 5.